The van der Waals surface area contributed by atoms with Crippen LogP contribution in [0.3, 0.4) is 0 Å². The topological polar surface area (TPSA) is 75.3 Å². The van der Waals surface area contributed by atoms with Crippen molar-refractivity contribution in [3.05, 3.63) is 59.9 Å². The first-order valence-corrected chi connectivity index (χ1v) is 8.29. The lowest BCUT2D eigenvalue weighted by Crippen LogP contribution is -2.33. The Morgan fingerprint density at radius 2 is 1.72 bits per heavy atom. The second-order valence-electron chi connectivity index (χ2n) is 4.90. The van der Waals surface area contributed by atoms with E-state index in [0.717, 1.165) is 18.2 Å². The van der Waals surface area contributed by atoms with E-state index in [1.54, 1.807) is 0 Å². The van der Waals surface area contributed by atoms with Crippen LogP contribution in [0, 0.1) is 5.82 Å². The van der Waals surface area contributed by atoms with Gasteiger partial charge in [0.2, 0.25) is 10.0 Å². The zero-order valence-electron chi connectivity index (χ0n) is 12.5. The van der Waals surface area contributed by atoms with E-state index in [1.165, 1.54) is 35.1 Å². The Labute approximate surface area is 140 Å². The Morgan fingerprint density at radius 3 is 2.36 bits per heavy atom. The number of benzene rings is 2. The lowest BCUT2D eigenvalue weighted by Gasteiger charge is -2.11. The predicted molar refractivity (Wildman–Crippen MR) is 82.0 cm³/mol. The molecule has 0 atom stereocenters. The van der Waals surface area contributed by atoms with E-state index in [0.29, 0.717) is 0 Å². The molecule has 0 heterocycles. The zero-order chi connectivity index (χ0) is 18.7. The molecule has 0 aliphatic heterocycles. The van der Waals surface area contributed by atoms with Crippen LogP contribution in [0.5, 0.6) is 0 Å². The van der Waals surface area contributed by atoms with Crippen molar-refractivity contribution in [2.45, 2.75) is 11.1 Å². The summed E-state index contributed by atoms with van der Waals surface area (Å²) in [5.41, 5.74) is -0.269. The van der Waals surface area contributed by atoms with Crippen molar-refractivity contribution in [1.29, 1.82) is 0 Å². The number of amides is 1. The van der Waals surface area contributed by atoms with Crippen molar-refractivity contribution >= 4 is 21.6 Å². The molecule has 0 aromatic heterocycles. The molecule has 0 unspecified atom stereocenters. The van der Waals surface area contributed by atoms with Gasteiger partial charge < -0.3 is 5.32 Å². The fourth-order valence-electron chi connectivity index (χ4n) is 1.82. The smallest absolute Gasteiger partial charge is 0.319 e. The number of hydrogen-bond acceptors (Lipinski definition) is 3. The fraction of sp³-hybridized carbons (Fsp3) is 0.133. The van der Waals surface area contributed by atoms with Crippen molar-refractivity contribution in [2.24, 2.45) is 0 Å². The van der Waals surface area contributed by atoms with Crippen LogP contribution >= 0.6 is 0 Å². The van der Waals surface area contributed by atoms with Gasteiger partial charge in [0.05, 0.1) is 10.6 Å². The molecule has 0 bridgehead atoms. The van der Waals surface area contributed by atoms with Gasteiger partial charge in [0.1, 0.15) is 12.4 Å². The highest BCUT2D eigenvalue weighted by Crippen LogP contribution is 2.18. The number of halogens is 4. The number of para-hydroxylation sites is 1. The number of alkyl halides is 3. The number of rotatable bonds is 5. The third kappa shape index (κ3) is 5.26. The second-order valence-corrected chi connectivity index (χ2v) is 6.67. The summed E-state index contributed by atoms with van der Waals surface area (Å²) in [5, 5.41) is 2.25. The number of sulfonamides is 1. The van der Waals surface area contributed by atoms with Crippen molar-refractivity contribution in [3.63, 3.8) is 0 Å². The molecule has 0 aliphatic rings. The number of hydrogen-bond donors (Lipinski definition) is 2. The average molecular weight is 376 g/mol. The molecule has 5 nitrogen and oxygen atoms in total. The first-order valence-electron chi connectivity index (χ1n) is 6.81. The molecule has 0 fully saturated rings. The highest BCUT2D eigenvalue weighted by molar-refractivity contribution is 7.89. The van der Waals surface area contributed by atoms with Crippen molar-refractivity contribution < 1.29 is 30.8 Å². The number of carbonyl (C=O) groups is 1. The lowest BCUT2D eigenvalue weighted by atomic mass is 10.2. The van der Waals surface area contributed by atoms with Crippen LogP contribution in [0.15, 0.2) is 53.4 Å². The van der Waals surface area contributed by atoms with Crippen LogP contribution in [-0.2, 0) is 10.0 Å². The second kappa shape index (κ2) is 7.19. The van der Waals surface area contributed by atoms with Crippen LogP contribution in [0.25, 0.3) is 0 Å². The molecule has 2 aromatic carbocycles. The summed E-state index contributed by atoms with van der Waals surface area (Å²) >= 11 is 0. The van der Waals surface area contributed by atoms with Gasteiger partial charge in [-0.3, -0.25) is 4.79 Å². The summed E-state index contributed by atoms with van der Waals surface area (Å²) in [5.74, 6) is -1.50. The Kier molecular flexibility index (Phi) is 5.43. The quantitative estimate of drug-likeness (QED) is 0.788. The molecule has 2 rings (SSSR count). The summed E-state index contributed by atoms with van der Waals surface area (Å²) in [4.78, 5) is 11.6. The van der Waals surface area contributed by atoms with Crippen LogP contribution in [-0.4, -0.2) is 27.0 Å². The van der Waals surface area contributed by atoms with Gasteiger partial charge in [0.15, 0.2) is 0 Å². The van der Waals surface area contributed by atoms with Crippen molar-refractivity contribution in [2.75, 3.05) is 11.9 Å². The Hall–Kier alpha value is -2.46. The summed E-state index contributed by atoms with van der Waals surface area (Å²) in [6.07, 6.45) is -4.72. The van der Waals surface area contributed by atoms with Gasteiger partial charge in [-0.1, -0.05) is 18.2 Å². The van der Waals surface area contributed by atoms with Gasteiger partial charge in [0.25, 0.3) is 5.91 Å². The fourth-order valence-corrected chi connectivity index (χ4v) is 2.88. The molecule has 1 amide bonds. The van der Waals surface area contributed by atoms with Crippen molar-refractivity contribution in [3.8, 4) is 0 Å². The first-order chi connectivity index (χ1) is 11.6. The SMILES string of the molecule is O=C(Nc1ccccc1F)c1cccc(S(=O)(=O)NCC(F)(F)F)c1. The molecule has 134 valence electrons. The number of anilines is 1. The summed E-state index contributed by atoms with van der Waals surface area (Å²) in [6, 6.07) is 9.71. The lowest BCUT2D eigenvalue weighted by molar-refractivity contribution is -0.121. The van der Waals surface area contributed by atoms with Gasteiger partial charge in [0, 0.05) is 5.56 Å². The molecule has 0 saturated carbocycles. The predicted octanol–water partition coefficient (Wildman–Crippen LogP) is 2.92. The maximum atomic E-state index is 13.5. The molecule has 0 radical (unpaired) electrons. The van der Waals surface area contributed by atoms with Crippen LogP contribution in [0.2, 0.25) is 0 Å². The molecular formula is C15H12F4N2O3S. The van der Waals surface area contributed by atoms with Gasteiger partial charge in [-0.15, -0.1) is 0 Å². The van der Waals surface area contributed by atoms with Gasteiger partial charge in [-0.05, 0) is 30.3 Å². The average Bonchev–Trinajstić information content (AvgIpc) is 2.55. The minimum Gasteiger partial charge on any atom is -0.319 e. The Balaban J connectivity index is 2.20. The van der Waals surface area contributed by atoms with Crippen LogP contribution in [0.4, 0.5) is 23.2 Å². The molecule has 0 spiro atoms. The summed E-state index contributed by atoms with van der Waals surface area (Å²) in [7, 11) is -4.45. The monoisotopic (exact) mass is 376 g/mol. The first kappa shape index (κ1) is 18.9. The van der Waals surface area contributed by atoms with E-state index >= 15 is 0 Å². The molecule has 25 heavy (non-hydrogen) atoms. The van der Waals surface area contributed by atoms with Crippen LogP contribution in [0.1, 0.15) is 10.4 Å². The molecule has 0 saturated heterocycles. The minimum atomic E-state index is -4.72. The maximum absolute atomic E-state index is 13.5. The number of carbonyl (C=O) groups excluding carboxylic acids is 1. The standard InChI is InChI=1S/C15H12F4N2O3S/c16-12-6-1-2-7-13(12)21-14(22)10-4-3-5-11(8-10)25(23,24)20-9-15(17,18)19/h1-8,20H,9H2,(H,21,22). The van der Waals surface area contributed by atoms with E-state index in [-0.39, 0.29) is 11.3 Å². The minimum absolute atomic E-state index is 0.115. The maximum Gasteiger partial charge on any atom is 0.402 e. The zero-order valence-corrected chi connectivity index (χ0v) is 13.3. The molecular weight excluding hydrogens is 364 g/mol. The summed E-state index contributed by atoms with van der Waals surface area (Å²) in [6.45, 7) is -1.74. The normalized spacial score (nSPS) is 12.0. The largest absolute Gasteiger partial charge is 0.402 e. The Morgan fingerprint density at radius 1 is 1.04 bits per heavy atom. The highest BCUT2D eigenvalue weighted by Gasteiger charge is 2.30. The van der Waals surface area contributed by atoms with Crippen LogP contribution < -0.4 is 10.0 Å². The third-order valence-corrected chi connectivity index (χ3v) is 4.39. The van der Waals surface area contributed by atoms with Gasteiger partial charge in [-0.25, -0.2) is 17.5 Å². The summed E-state index contributed by atoms with van der Waals surface area (Å²) < 4.78 is 75.1. The Bertz CT molecular complexity index is 882. The molecule has 10 heteroatoms. The van der Waals surface area contributed by atoms with Crippen molar-refractivity contribution in [1.82, 2.24) is 4.72 Å². The molecule has 0 aliphatic carbocycles. The van der Waals surface area contributed by atoms with Gasteiger partial charge in [-0.2, -0.15) is 13.2 Å². The molecule has 2 aromatic rings. The van der Waals surface area contributed by atoms with E-state index in [2.05, 4.69) is 5.32 Å². The van der Waals surface area contributed by atoms with Gasteiger partial charge >= 0.3 is 6.18 Å². The highest BCUT2D eigenvalue weighted by atomic mass is 32.2. The van der Waals surface area contributed by atoms with E-state index < -0.39 is 39.4 Å². The molecule has 2 N–H and O–H groups in total. The number of nitrogens with one attached hydrogen (secondary N) is 2. The van der Waals surface area contributed by atoms with E-state index in [4.69, 9.17) is 0 Å². The third-order valence-electron chi connectivity index (χ3n) is 2.99. The van der Waals surface area contributed by atoms with E-state index in [1.807, 2.05) is 0 Å². The van der Waals surface area contributed by atoms with E-state index in [9.17, 15) is 30.8 Å².